The van der Waals surface area contributed by atoms with Gasteiger partial charge in [-0.3, -0.25) is 10.1 Å². The zero-order valence-electron chi connectivity index (χ0n) is 12.4. The van der Waals surface area contributed by atoms with E-state index in [0.717, 1.165) is 34.1 Å². The molecule has 0 saturated carbocycles. The van der Waals surface area contributed by atoms with Gasteiger partial charge in [0, 0.05) is 23.3 Å². The van der Waals surface area contributed by atoms with Crippen LogP contribution in [0.4, 0.5) is 5.69 Å². The second-order valence-electron chi connectivity index (χ2n) is 5.47. The van der Waals surface area contributed by atoms with E-state index in [0.29, 0.717) is 0 Å². The van der Waals surface area contributed by atoms with E-state index in [1.54, 1.807) is 23.5 Å². The molecule has 0 aliphatic heterocycles. The van der Waals surface area contributed by atoms with Gasteiger partial charge in [0.15, 0.2) is 5.69 Å². The molecule has 4 rings (SSSR count). The maximum Gasteiger partial charge on any atom is 0.410 e. The maximum absolute atomic E-state index is 10.7. The molecule has 0 amide bonds. The minimum atomic E-state index is -0.384. The maximum atomic E-state index is 10.7. The van der Waals surface area contributed by atoms with Crippen LogP contribution in [0.5, 0.6) is 0 Å². The minimum absolute atomic E-state index is 0.107. The standard InChI is InChI=1S/C16H13N4O2S/c1-10-18-19-15-12(4-5-13(15)9-17-16(19)23-10)8-11-2-6-14(7-3-11)20(21)22/h2-3,6-9H,4-5H2,1H3/q+1. The van der Waals surface area contributed by atoms with E-state index in [2.05, 4.69) is 16.2 Å². The lowest BCUT2D eigenvalue weighted by atomic mass is 10.1. The van der Waals surface area contributed by atoms with Gasteiger partial charge in [0.05, 0.1) is 4.92 Å². The first kappa shape index (κ1) is 14.0. The highest BCUT2D eigenvalue weighted by Crippen LogP contribution is 2.31. The Kier molecular flexibility index (Phi) is 3.16. The third-order valence-electron chi connectivity index (χ3n) is 3.92. The highest BCUT2D eigenvalue weighted by molar-refractivity contribution is 7.16. The second kappa shape index (κ2) is 5.20. The zero-order valence-corrected chi connectivity index (χ0v) is 13.2. The first-order valence-corrected chi connectivity index (χ1v) is 8.06. The molecule has 0 N–H and O–H groups in total. The van der Waals surface area contributed by atoms with Crippen LogP contribution in [0.25, 0.3) is 16.6 Å². The number of non-ortho nitro benzene ring substituents is 1. The van der Waals surface area contributed by atoms with Gasteiger partial charge in [-0.25, -0.2) is 0 Å². The van der Waals surface area contributed by atoms with Crippen LogP contribution in [0.15, 0.2) is 30.5 Å². The fourth-order valence-corrected chi connectivity index (χ4v) is 3.59. The summed E-state index contributed by atoms with van der Waals surface area (Å²) in [5, 5.41) is 16.3. The molecule has 0 radical (unpaired) electrons. The Morgan fingerprint density at radius 1 is 1.30 bits per heavy atom. The number of nitro benzene ring substituents is 1. The summed E-state index contributed by atoms with van der Waals surface area (Å²) in [4.78, 5) is 15.7. The predicted octanol–water partition coefficient (Wildman–Crippen LogP) is 2.98. The third-order valence-corrected chi connectivity index (χ3v) is 4.76. The number of benzene rings is 1. The summed E-state index contributed by atoms with van der Waals surface area (Å²) >= 11 is 1.57. The average Bonchev–Trinajstić information content (AvgIpc) is 3.10. The van der Waals surface area contributed by atoms with Crippen LogP contribution in [0.1, 0.15) is 28.2 Å². The van der Waals surface area contributed by atoms with E-state index in [9.17, 15) is 10.1 Å². The Hall–Kier alpha value is -2.67. The molecular weight excluding hydrogens is 312 g/mol. The van der Waals surface area contributed by atoms with Gasteiger partial charge in [0.1, 0.15) is 11.2 Å². The van der Waals surface area contributed by atoms with Gasteiger partial charge in [-0.15, -0.1) is 0 Å². The molecule has 0 fully saturated rings. The smallest absolute Gasteiger partial charge is 0.258 e. The van der Waals surface area contributed by atoms with Crippen molar-refractivity contribution >= 4 is 33.6 Å². The summed E-state index contributed by atoms with van der Waals surface area (Å²) in [5.41, 5.74) is 4.56. The molecule has 23 heavy (non-hydrogen) atoms. The van der Waals surface area contributed by atoms with Gasteiger partial charge in [-0.2, -0.15) is 0 Å². The summed E-state index contributed by atoms with van der Waals surface area (Å²) in [7, 11) is 0. The van der Waals surface area contributed by atoms with E-state index >= 15 is 0 Å². The molecule has 0 spiro atoms. The number of aromatic nitrogens is 3. The number of nitrogens with zero attached hydrogens (tertiary/aromatic N) is 4. The van der Waals surface area contributed by atoms with Crippen molar-refractivity contribution in [3.8, 4) is 0 Å². The van der Waals surface area contributed by atoms with Gasteiger partial charge in [-0.05, 0) is 59.9 Å². The van der Waals surface area contributed by atoms with Gasteiger partial charge < -0.3 is 0 Å². The lowest BCUT2D eigenvalue weighted by Gasteiger charge is -1.99. The molecule has 114 valence electrons. The Balaban J connectivity index is 1.80. The third kappa shape index (κ3) is 2.39. The number of rotatable bonds is 2. The van der Waals surface area contributed by atoms with Crippen molar-refractivity contribution in [2.24, 2.45) is 0 Å². The van der Waals surface area contributed by atoms with Crippen LogP contribution in [-0.4, -0.2) is 15.0 Å². The Bertz CT molecular complexity index is 960. The van der Waals surface area contributed by atoms with Crippen molar-refractivity contribution in [3.63, 3.8) is 0 Å². The largest absolute Gasteiger partial charge is 0.410 e. The lowest BCUT2D eigenvalue weighted by Crippen LogP contribution is -2.29. The van der Waals surface area contributed by atoms with E-state index in [1.165, 1.54) is 23.3 Å². The summed E-state index contributed by atoms with van der Waals surface area (Å²) in [6.45, 7) is 1.97. The van der Waals surface area contributed by atoms with Crippen molar-refractivity contribution in [1.82, 2.24) is 10.1 Å². The monoisotopic (exact) mass is 325 g/mol. The number of hydrogen-bond acceptors (Lipinski definition) is 5. The van der Waals surface area contributed by atoms with Gasteiger partial charge in [-0.1, -0.05) is 9.61 Å². The molecule has 7 heteroatoms. The molecule has 1 aliphatic carbocycles. The Labute approximate surface area is 135 Å². The molecule has 2 heterocycles. The molecule has 6 nitrogen and oxygen atoms in total. The van der Waals surface area contributed by atoms with Crippen molar-refractivity contribution in [2.45, 2.75) is 19.8 Å². The Morgan fingerprint density at radius 2 is 2.09 bits per heavy atom. The van der Waals surface area contributed by atoms with E-state index < -0.39 is 0 Å². The average molecular weight is 325 g/mol. The van der Waals surface area contributed by atoms with Gasteiger partial charge >= 0.3 is 4.96 Å². The number of aryl methyl sites for hydroxylation is 2. The molecule has 0 atom stereocenters. The summed E-state index contributed by atoms with van der Waals surface area (Å²) in [6.07, 6.45) is 5.88. The molecular formula is C16H13N4O2S+. The molecule has 2 aromatic heterocycles. The molecule has 1 aromatic carbocycles. The van der Waals surface area contributed by atoms with E-state index in [1.807, 2.05) is 17.6 Å². The van der Waals surface area contributed by atoms with E-state index in [-0.39, 0.29) is 10.6 Å². The first-order chi connectivity index (χ1) is 11.1. The van der Waals surface area contributed by atoms with Crippen LogP contribution in [0.3, 0.4) is 0 Å². The number of hydrogen-bond donors (Lipinski definition) is 0. The number of nitro groups is 1. The molecule has 3 aromatic rings. The van der Waals surface area contributed by atoms with Crippen LogP contribution >= 0.6 is 11.3 Å². The van der Waals surface area contributed by atoms with Crippen molar-refractivity contribution < 1.29 is 9.44 Å². The highest BCUT2D eigenvalue weighted by atomic mass is 32.1. The quantitative estimate of drug-likeness (QED) is 0.412. The summed E-state index contributed by atoms with van der Waals surface area (Å²) in [5.74, 6) is 0. The molecule has 0 bridgehead atoms. The van der Waals surface area contributed by atoms with Gasteiger partial charge in [0.2, 0.25) is 0 Å². The van der Waals surface area contributed by atoms with E-state index in [4.69, 9.17) is 0 Å². The first-order valence-electron chi connectivity index (χ1n) is 7.24. The van der Waals surface area contributed by atoms with Crippen LogP contribution in [0, 0.1) is 17.0 Å². The predicted molar refractivity (Wildman–Crippen MR) is 87.1 cm³/mol. The van der Waals surface area contributed by atoms with Crippen LogP contribution in [-0.2, 0) is 6.42 Å². The second-order valence-corrected chi connectivity index (χ2v) is 6.63. The SMILES string of the molecule is Cc1n[n+]2c3c(cnc2s1)CCC3=Cc1ccc([N+](=O)[O-])cc1. The van der Waals surface area contributed by atoms with Crippen LogP contribution < -0.4 is 4.52 Å². The van der Waals surface area contributed by atoms with Crippen molar-refractivity contribution in [3.05, 3.63) is 62.4 Å². The molecule has 0 saturated heterocycles. The molecule has 0 unspecified atom stereocenters. The van der Waals surface area contributed by atoms with Crippen LogP contribution in [0.2, 0.25) is 0 Å². The summed E-state index contributed by atoms with van der Waals surface area (Å²) in [6, 6.07) is 6.62. The fourth-order valence-electron chi connectivity index (χ4n) is 2.88. The minimum Gasteiger partial charge on any atom is -0.258 e. The number of fused-ring (bicyclic) bond motifs is 3. The zero-order chi connectivity index (χ0) is 16.0. The van der Waals surface area contributed by atoms with Crippen molar-refractivity contribution in [2.75, 3.05) is 0 Å². The topological polar surface area (TPSA) is 73.0 Å². The van der Waals surface area contributed by atoms with Crippen molar-refractivity contribution in [1.29, 1.82) is 0 Å². The molecule has 1 aliphatic rings. The fraction of sp³-hybridized carbons (Fsp3) is 0.188. The lowest BCUT2D eigenvalue weighted by molar-refractivity contribution is -0.581. The Morgan fingerprint density at radius 3 is 2.83 bits per heavy atom. The number of allylic oxidation sites excluding steroid dienone is 1. The summed E-state index contributed by atoms with van der Waals surface area (Å²) < 4.78 is 1.92. The highest BCUT2D eigenvalue weighted by Gasteiger charge is 2.28. The normalized spacial score (nSPS) is 15.3. The van der Waals surface area contributed by atoms with Gasteiger partial charge in [0.25, 0.3) is 5.69 Å².